The largest absolute Gasteiger partial charge is 0.406 e. The molecule has 0 unspecified atom stereocenters. The Morgan fingerprint density at radius 1 is 0.968 bits per heavy atom. The molecule has 9 heteroatoms. The van der Waals surface area contributed by atoms with Gasteiger partial charge in [0.2, 0.25) is 11.8 Å². The van der Waals surface area contributed by atoms with E-state index in [1.54, 1.807) is 0 Å². The summed E-state index contributed by atoms with van der Waals surface area (Å²) >= 11 is 0. The summed E-state index contributed by atoms with van der Waals surface area (Å²) in [5.41, 5.74) is 1.47. The van der Waals surface area contributed by atoms with Gasteiger partial charge in [-0.15, -0.1) is 0 Å². The number of nitrogens with zero attached hydrogens (tertiary/aromatic N) is 3. The quantitative estimate of drug-likeness (QED) is 0.659. The first-order valence-electron chi connectivity index (χ1n) is 9.43. The second-order valence-corrected chi connectivity index (χ2v) is 7.16. The first-order valence-corrected chi connectivity index (χ1v) is 9.43. The van der Waals surface area contributed by atoms with Crippen molar-refractivity contribution in [2.75, 3.05) is 6.54 Å². The van der Waals surface area contributed by atoms with E-state index in [0.29, 0.717) is 21.6 Å². The third-order valence-corrected chi connectivity index (χ3v) is 4.81. The summed E-state index contributed by atoms with van der Waals surface area (Å²) in [5, 5.41) is 8.84. The number of carbonyl (C=O) groups excluding carboxylic acids is 3. The molecule has 1 aliphatic heterocycles. The summed E-state index contributed by atoms with van der Waals surface area (Å²) in [6.45, 7) is -1.64. The number of hydrogen-bond donors (Lipinski definition) is 0. The molecule has 0 aliphatic carbocycles. The van der Waals surface area contributed by atoms with Crippen molar-refractivity contribution in [3.63, 3.8) is 0 Å². The third kappa shape index (κ3) is 5.69. The molecule has 0 bridgehead atoms. The zero-order valence-corrected chi connectivity index (χ0v) is 16.4. The van der Waals surface area contributed by atoms with E-state index in [2.05, 4.69) is 0 Å². The number of imide groups is 1. The number of likely N-dealkylation sites (tertiary alicyclic amines) is 1. The molecular formula is C22H18F3N3O3. The minimum Gasteiger partial charge on any atom is -0.325 e. The highest BCUT2D eigenvalue weighted by Gasteiger charge is 2.33. The van der Waals surface area contributed by atoms with Crippen molar-refractivity contribution >= 4 is 17.7 Å². The molecule has 2 aromatic rings. The minimum absolute atomic E-state index is 0.0562. The molecule has 0 saturated carbocycles. The molecule has 0 spiro atoms. The van der Waals surface area contributed by atoms with E-state index in [1.807, 2.05) is 6.07 Å². The highest BCUT2D eigenvalue weighted by atomic mass is 19.4. The fourth-order valence-corrected chi connectivity index (χ4v) is 3.24. The summed E-state index contributed by atoms with van der Waals surface area (Å²) in [6, 6.07) is 13.7. The number of nitriles is 1. The Kier molecular flexibility index (Phi) is 6.39. The van der Waals surface area contributed by atoms with Gasteiger partial charge in [-0.25, -0.2) is 0 Å². The van der Waals surface area contributed by atoms with Crippen molar-refractivity contribution in [1.29, 1.82) is 5.26 Å². The predicted molar refractivity (Wildman–Crippen MR) is 103 cm³/mol. The fourth-order valence-electron chi connectivity index (χ4n) is 3.24. The first kappa shape index (κ1) is 22.0. The van der Waals surface area contributed by atoms with Gasteiger partial charge in [-0.1, -0.05) is 24.3 Å². The minimum atomic E-state index is -4.58. The van der Waals surface area contributed by atoms with Crippen LogP contribution in [0, 0.1) is 11.3 Å². The molecule has 160 valence electrons. The number of amides is 3. The number of halogens is 3. The van der Waals surface area contributed by atoms with Gasteiger partial charge in [0.25, 0.3) is 5.91 Å². The van der Waals surface area contributed by atoms with Crippen molar-refractivity contribution in [1.82, 2.24) is 9.80 Å². The van der Waals surface area contributed by atoms with Gasteiger partial charge in [-0.05, 0) is 35.4 Å². The molecule has 0 atom stereocenters. The third-order valence-electron chi connectivity index (χ3n) is 4.81. The molecule has 2 aromatic carbocycles. The highest BCUT2D eigenvalue weighted by Crippen LogP contribution is 2.21. The van der Waals surface area contributed by atoms with E-state index in [1.165, 1.54) is 48.5 Å². The van der Waals surface area contributed by atoms with Gasteiger partial charge in [0.05, 0.1) is 18.2 Å². The van der Waals surface area contributed by atoms with E-state index in [0.717, 1.165) is 4.90 Å². The molecular weight excluding hydrogens is 411 g/mol. The number of rotatable bonds is 6. The fraction of sp³-hybridized carbons (Fsp3) is 0.273. The maximum atomic E-state index is 13.1. The van der Waals surface area contributed by atoms with Crippen LogP contribution in [-0.4, -0.2) is 40.2 Å². The van der Waals surface area contributed by atoms with Crippen LogP contribution in [-0.2, 0) is 22.7 Å². The van der Waals surface area contributed by atoms with Crippen LogP contribution in [0.3, 0.4) is 0 Å². The van der Waals surface area contributed by atoms with Crippen molar-refractivity contribution in [3.05, 3.63) is 70.8 Å². The van der Waals surface area contributed by atoms with E-state index >= 15 is 0 Å². The normalized spacial score (nSPS) is 13.9. The van der Waals surface area contributed by atoms with Gasteiger partial charge in [0, 0.05) is 24.9 Å². The first-order chi connectivity index (χ1) is 14.7. The summed E-state index contributed by atoms with van der Waals surface area (Å²) in [4.78, 5) is 38.0. The van der Waals surface area contributed by atoms with Crippen LogP contribution in [0.2, 0.25) is 0 Å². The number of hydrogen-bond acceptors (Lipinski definition) is 4. The van der Waals surface area contributed by atoms with Gasteiger partial charge in [0.15, 0.2) is 0 Å². The van der Waals surface area contributed by atoms with Crippen LogP contribution in [0.5, 0.6) is 0 Å². The second-order valence-electron chi connectivity index (χ2n) is 7.16. The van der Waals surface area contributed by atoms with Crippen LogP contribution < -0.4 is 0 Å². The maximum Gasteiger partial charge on any atom is 0.406 e. The molecule has 1 saturated heterocycles. The molecule has 1 heterocycles. The van der Waals surface area contributed by atoms with E-state index < -0.39 is 18.6 Å². The SMILES string of the molecule is N#Cc1ccc(CN(CC(F)(F)F)C(=O)c2ccc(CN3C(=O)CCC3=O)cc2)cc1. The van der Waals surface area contributed by atoms with Crippen LogP contribution >= 0.6 is 0 Å². The lowest BCUT2D eigenvalue weighted by Gasteiger charge is -2.24. The topological polar surface area (TPSA) is 81.5 Å². The van der Waals surface area contributed by atoms with Crippen molar-refractivity contribution < 1.29 is 27.6 Å². The second kappa shape index (κ2) is 9.00. The maximum absolute atomic E-state index is 13.1. The average Bonchev–Trinajstić information content (AvgIpc) is 3.05. The lowest BCUT2D eigenvalue weighted by molar-refractivity contribution is -0.142. The lowest BCUT2D eigenvalue weighted by Crippen LogP contribution is -2.38. The Bertz CT molecular complexity index is 1010. The highest BCUT2D eigenvalue weighted by molar-refractivity contribution is 6.01. The molecule has 1 fully saturated rings. The van der Waals surface area contributed by atoms with Crippen LogP contribution in [0.25, 0.3) is 0 Å². The number of benzene rings is 2. The molecule has 3 rings (SSSR count). The molecule has 1 aliphatic rings. The van der Waals surface area contributed by atoms with Gasteiger partial charge < -0.3 is 4.90 Å². The average molecular weight is 429 g/mol. The summed E-state index contributed by atoms with van der Waals surface area (Å²) < 4.78 is 39.2. The van der Waals surface area contributed by atoms with Crippen LogP contribution in [0.15, 0.2) is 48.5 Å². The molecule has 6 nitrogen and oxygen atoms in total. The molecule has 0 radical (unpaired) electrons. The van der Waals surface area contributed by atoms with Crippen LogP contribution in [0.1, 0.15) is 39.9 Å². The van der Waals surface area contributed by atoms with Gasteiger partial charge >= 0.3 is 6.18 Å². The van der Waals surface area contributed by atoms with E-state index in [4.69, 9.17) is 5.26 Å². The van der Waals surface area contributed by atoms with E-state index in [9.17, 15) is 27.6 Å². The lowest BCUT2D eigenvalue weighted by atomic mass is 10.1. The zero-order valence-electron chi connectivity index (χ0n) is 16.4. The molecule has 0 aromatic heterocycles. The van der Waals surface area contributed by atoms with Crippen molar-refractivity contribution in [2.24, 2.45) is 0 Å². The summed E-state index contributed by atoms with van der Waals surface area (Å²) in [7, 11) is 0. The Labute approximate surface area is 176 Å². The molecule has 3 amide bonds. The number of carbonyl (C=O) groups is 3. The molecule has 31 heavy (non-hydrogen) atoms. The Morgan fingerprint density at radius 2 is 1.52 bits per heavy atom. The smallest absolute Gasteiger partial charge is 0.325 e. The summed E-state index contributed by atoms with van der Waals surface area (Å²) in [6.07, 6.45) is -4.26. The Balaban J connectivity index is 1.75. The molecule has 0 N–H and O–H groups in total. The zero-order chi connectivity index (χ0) is 22.6. The van der Waals surface area contributed by atoms with Gasteiger partial charge in [-0.3, -0.25) is 19.3 Å². The number of alkyl halides is 3. The van der Waals surface area contributed by atoms with Gasteiger partial charge in [-0.2, -0.15) is 18.4 Å². The van der Waals surface area contributed by atoms with Crippen LogP contribution in [0.4, 0.5) is 13.2 Å². The Morgan fingerprint density at radius 3 is 2.03 bits per heavy atom. The van der Waals surface area contributed by atoms with Gasteiger partial charge in [0.1, 0.15) is 6.54 Å². The standard InChI is InChI=1S/C22H18F3N3O3/c23-22(24,25)14-27(12-16-3-1-15(11-26)2-4-16)21(31)18-7-5-17(6-8-18)13-28-19(29)9-10-20(28)30/h1-8H,9-10,12-14H2. The summed E-state index contributed by atoms with van der Waals surface area (Å²) in [5.74, 6) is -1.35. The predicted octanol–water partition coefficient (Wildman–Crippen LogP) is 3.41. The van der Waals surface area contributed by atoms with E-state index in [-0.39, 0.29) is 43.3 Å². The Hall–Kier alpha value is -3.67. The van der Waals surface area contributed by atoms with Crippen molar-refractivity contribution in [2.45, 2.75) is 32.1 Å². The monoisotopic (exact) mass is 429 g/mol. The van der Waals surface area contributed by atoms with Crippen molar-refractivity contribution in [3.8, 4) is 6.07 Å².